The van der Waals surface area contributed by atoms with E-state index >= 15 is 0 Å². The number of hydrogen-bond donors (Lipinski definition) is 2. The minimum absolute atomic E-state index is 0.592. The number of para-hydroxylation sites is 1. The van der Waals surface area contributed by atoms with Crippen molar-refractivity contribution in [1.82, 2.24) is 15.3 Å². The molecule has 3 aromatic rings. The van der Waals surface area contributed by atoms with Gasteiger partial charge in [-0.15, -0.1) is 0 Å². The van der Waals surface area contributed by atoms with Gasteiger partial charge in [-0.25, -0.2) is 4.98 Å². The van der Waals surface area contributed by atoms with Gasteiger partial charge in [0.25, 0.3) is 0 Å². The molecule has 0 aliphatic heterocycles. The Kier molecular flexibility index (Phi) is 6.70. The van der Waals surface area contributed by atoms with E-state index < -0.39 is 0 Å². The zero-order valence-electron chi connectivity index (χ0n) is 17.7. The van der Waals surface area contributed by atoms with Crippen molar-refractivity contribution in [3.63, 3.8) is 0 Å². The molecule has 5 nitrogen and oxygen atoms in total. The van der Waals surface area contributed by atoms with Crippen molar-refractivity contribution in [2.75, 3.05) is 30.9 Å². The highest BCUT2D eigenvalue weighted by Crippen LogP contribution is 2.27. The summed E-state index contributed by atoms with van der Waals surface area (Å²) in [5.74, 6) is 2.34. The molecule has 0 bridgehead atoms. The number of benzene rings is 2. The number of nitrogens with one attached hydrogen (secondary N) is 2. The summed E-state index contributed by atoms with van der Waals surface area (Å²) in [6.45, 7) is 1.83. The lowest BCUT2D eigenvalue weighted by Gasteiger charge is -2.29. The average Bonchev–Trinajstić information content (AvgIpc) is 2.77. The van der Waals surface area contributed by atoms with Gasteiger partial charge in [-0.1, -0.05) is 35.9 Å². The molecule has 4 rings (SSSR count). The number of rotatable bonds is 7. The van der Waals surface area contributed by atoms with Crippen molar-refractivity contribution >= 4 is 34.3 Å². The van der Waals surface area contributed by atoms with Gasteiger partial charge in [-0.2, -0.15) is 4.98 Å². The Balaban J connectivity index is 1.28. The second-order valence-electron chi connectivity index (χ2n) is 8.39. The Hall–Kier alpha value is -2.37. The van der Waals surface area contributed by atoms with Crippen LogP contribution in [-0.2, 0) is 6.54 Å². The second-order valence-corrected chi connectivity index (χ2v) is 8.82. The fourth-order valence-electron chi connectivity index (χ4n) is 4.15. The summed E-state index contributed by atoms with van der Waals surface area (Å²) in [7, 11) is 4.05. The first-order valence-corrected chi connectivity index (χ1v) is 11.1. The van der Waals surface area contributed by atoms with E-state index in [1.807, 2.05) is 49.3 Å². The number of hydrogen-bond acceptors (Lipinski definition) is 5. The van der Waals surface area contributed by atoms with Crippen molar-refractivity contribution in [1.29, 1.82) is 0 Å². The smallest absolute Gasteiger partial charge is 0.225 e. The van der Waals surface area contributed by atoms with Gasteiger partial charge in [0.2, 0.25) is 5.95 Å². The molecular weight excluding hydrogens is 394 g/mol. The highest BCUT2D eigenvalue weighted by Gasteiger charge is 2.21. The summed E-state index contributed by atoms with van der Waals surface area (Å²) in [5.41, 5.74) is 2.27. The Labute approximate surface area is 183 Å². The second kappa shape index (κ2) is 9.63. The monoisotopic (exact) mass is 423 g/mol. The van der Waals surface area contributed by atoms with Gasteiger partial charge < -0.3 is 15.5 Å². The van der Waals surface area contributed by atoms with Crippen LogP contribution >= 0.6 is 11.6 Å². The summed E-state index contributed by atoms with van der Waals surface area (Å²) in [4.78, 5) is 11.5. The third-order valence-electron chi connectivity index (χ3n) is 5.91. The van der Waals surface area contributed by atoms with Crippen LogP contribution < -0.4 is 15.5 Å². The van der Waals surface area contributed by atoms with Crippen LogP contribution in [0.2, 0.25) is 5.02 Å². The summed E-state index contributed by atoms with van der Waals surface area (Å²) < 4.78 is 0. The van der Waals surface area contributed by atoms with Crippen molar-refractivity contribution < 1.29 is 0 Å². The van der Waals surface area contributed by atoms with E-state index in [1.54, 1.807) is 0 Å². The first-order chi connectivity index (χ1) is 14.6. The molecule has 0 atom stereocenters. The van der Waals surface area contributed by atoms with E-state index in [-0.39, 0.29) is 0 Å². The molecule has 1 aliphatic rings. The molecule has 0 spiro atoms. The van der Waals surface area contributed by atoms with E-state index in [0.717, 1.165) is 40.8 Å². The van der Waals surface area contributed by atoms with Gasteiger partial charge in [0.05, 0.1) is 5.52 Å². The van der Waals surface area contributed by atoms with E-state index in [0.29, 0.717) is 12.0 Å². The Morgan fingerprint density at radius 3 is 2.43 bits per heavy atom. The number of halogens is 1. The zero-order valence-corrected chi connectivity index (χ0v) is 18.5. The highest BCUT2D eigenvalue weighted by molar-refractivity contribution is 6.30. The first-order valence-electron chi connectivity index (χ1n) is 10.7. The van der Waals surface area contributed by atoms with Gasteiger partial charge in [0, 0.05) is 43.6 Å². The summed E-state index contributed by atoms with van der Waals surface area (Å²) in [5, 5.41) is 9.07. The standard InChI is InChI=1S/C24H30ClN5/c1-30(2)23-21-5-3-4-6-22(21)28-24(29-23)27-16-18-9-13-20(14-10-18)26-15-17-7-11-19(25)12-8-17/h3-8,11-12,18,20,26H,9-10,13-16H2,1-2H3,(H,27,28,29). The molecule has 6 heteroatoms. The maximum absolute atomic E-state index is 5.97. The average molecular weight is 424 g/mol. The van der Waals surface area contributed by atoms with Crippen molar-refractivity contribution in [2.45, 2.75) is 38.3 Å². The van der Waals surface area contributed by atoms with Crippen molar-refractivity contribution in [3.8, 4) is 0 Å². The zero-order chi connectivity index (χ0) is 20.9. The lowest BCUT2D eigenvalue weighted by Crippen LogP contribution is -2.34. The Bertz CT molecular complexity index is 965. The fraction of sp³-hybridized carbons (Fsp3) is 0.417. The first kappa shape index (κ1) is 20.9. The molecule has 1 fully saturated rings. The number of aromatic nitrogens is 2. The molecule has 2 aromatic carbocycles. The van der Waals surface area contributed by atoms with E-state index in [9.17, 15) is 0 Å². The number of fused-ring (bicyclic) bond motifs is 1. The highest BCUT2D eigenvalue weighted by atomic mass is 35.5. The molecule has 1 aromatic heterocycles. The topological polar surface area (TPSA) is 53.1 Å². The third kappa shape index (κ3) is 5.21. The van der Waals surface area contributed by atoms with Crippen molar-refractivity contribution in [2.24, 2.45) is 5.92 Å². The lowest BCUT2D eigenvalue weighted by atomic mass is 9.86. The fourth-order valence-corrected chi connectivity index (χ4v) is 4.28. The Morgan fingerprint density at radius 1 is 0.967 bits per heavy atom. The maximum Gasteiger partial charge on any atom is 0.225 e. The van der Waals surface area contributed by atoms with E-state index in [2.05, 4.69) is 28.8 Å². The van der Waals surface area contributed by atoms with Gasteiger partial charge in [-0.3, -0.25) is 0 Å². The van der Waals surface area contributed by atoms with Crippen LogP contribution in [0.15, 0.2) is 48.5 Å². The van der Waals surface area contributed by atoms with Crippen LogP contribution in [-0.4, -0.2) is 36.6 Å². The molecule has 2 N–H and O–H groups in total. The largest absolute Gasteiger partial charge is 0.362 e. The molecule has 1 aliphatic carbocycles. The summed E-state index contributed by atoms with van der Waals surface area (Å²) in [6.07, 6.45) is 4.86. The number of anilines is 2. The molecule has 30 heavy (non-hydrogen) atoms. The molecule has 158 valence electrons. The van der Waals surface area contributed by atoms with E-state index in [4.69, 9.17) is 21.6 Å². The Morgan fingerprint density at radius 2 is 1.70 bits per heavy atom. The molecule has 0 amide bonds. The minimum atomic E-state index is 0.592. The molecule has 0 radical (unpaired) electrons. The summed E-state index contributed by atoms with van der Waals surface area (Å²) in [6, 6.07) is 16.9. The summed E-state index contributed by atoms with van der Waals surface area (Å²) >= 11 is 5.97. The normalized spacial score (nSPS) is 19.0. The molecular formula is C24H30ClN5. The van der Waals surface area contributed by atoms with Crippen LogP contribution in [0.5, 0.6) is 0 Å². The predicted molar refractivity (Wildman–Crippen MR) is 126 cm³/mol. The van der Waals surface area contributed by atoms with Crippen LogP contribution in [0.1, 0.15) is 31.2 Å². The van der Waals surface area contributed by atoms with Crippen LogP contribution in [0.4, 0.5) is 11.8 Å². The molecule has 0 saturated heterocycles. The van der Waals surface area contributed by atoms with Gasteiger partial charge in [0.1, 0.15) is 5.82 Å². The third-order valence-corrected chi connectivity index (χ3v) is 6.16. The van der Waals surface area contributed by atoms with Crippen LogP contribution in [0.25, 0.3) is 10.9 Å². The van der Waals surface area contributed by atoms with Gasteiger partial charge in [-0.05, 0) is 61.4 Å². The van der Waals surface area contributed by atoms with Crippen LogP contribution in [0.3, 0.4) is 0 Å². The lowest BCUT2D eigenvalue weighted by molar-refractivity contribution is 0.300. The van der Waals surface area contributed by atoms with Gasteiger partial charge >= 0.3 is 0 Å². The van der Waals surface area contributed by atoms with Crippen LogP contribution in [0, 0.1) is 5.92 Å². The SMILES string of the molecule is CN(C)c1nc(NCC2CCC(NCc3ccc(Cl)cc3)CC2)nc2ccccc12. The molecule has 1 saturated carbocycles. The van der Waals surface area contributed by atoms with E-state index in [1.165, 1.54) is 31.2 Å². The maximum atomic E-state index is 5.97. The molecule has 0 unspecified atom stereocenters. The number of nitrogens with zero attached hydrogens (tertiary/aromatic N) is 3. The minimum Gasteiger partial charge on any atom is -0.362 e. The van der Waals surface area contributed by atoms with Gasteiger partial charge in [0.15, 0.2) is 0 Å². The quantitative estimate of drug-likeness (QED) is 0.553. The molecule has 1 heterocycles. The van der Waals surface area contributed by atoms with Crippen molar-refractivity contribution in [3.05, 3.63) is 59.1 Å². The predicted octanol–water partition coefficient (Wildman–Crippen LogP) is 5.11.